The van der Waals surface area contributed by atoms with Crippen molar-refractivity contribution < 1.29 is 19.6 Å². The zero-order valence-electron chi connectivity index (χ0n) is 11.0. The fourth-order valence-electron chi connectivity index (χ4n) is 2.24. The van der Waals surface area contributed by atoms with Crippen molar-refractivity contribution in [1.29, 1.82) is 0 Å². The Morgan fingerprint density at radius 1 is 1.50 bits per heavy atom. The van der Waals surface area contributed by atoms with Crippen molar-refractivity contribution in [1.82, 2.24) is 4.98 Å². The van der Waals surface area contributed by atoms with Crippen LogP contribution in [0.5, 0.6) is 0 Å². The summed E-state index contributed by atoms with van der Waals surface area (Å²) in [4.78, 5) is 27.1. The Bertz CT molecular complexity index is 526. The normalized spacial score (nSPS) is 16.1. The standard InChI is InChI=1S/C12H15N3O5/c1-20-8-4-6-14(7-5-8)11-10(15(18)19)3-2-9(13-11)12(16)17/h2-3,8H,4-7H2,1H3,(H,16,17). The summed E-state index contributed by atoms with van der Waals surface area (Å²) < 4.78 is 5.24. The van der Waals surface area contributed by atoms with Crippen LogP contribution in [0.3, 0.4) is 0 Å². The predicted molar refractivity (Wildman–Crippen MR) is 70.1 cm³/mol. The number of rotatable bonds is 4. The second-order valence-corrected chi connectivity index (χ2v) is 4.52. The van der Waals surface area contributed by atoms with Gasteiger partial charge >= 0.3 is 11.7 Å². The Labute approximate surface area is 115 Å². The third-order valence-electron chi connectivity index (χ3n) is 3.35. The highest BCUT2D eigenvalue weighted by Gasteiger charge is 2.27. The summed E-state index contributed by atoms with van der Waals surface area (Å²) in [6, 6.07) is 2.33. The van der Waals surface area contributed by atoms with Crippen LogP contribution in [0.4, 0.5) is 11.5 Å². The van der Waals surface area contributed by atoms with E-state index in [4.69, 9.17) is 9.84 Å². The number of nitro groups is 1. The number of ether oxygens (including phenoxy) is 1. The van der Waals surface area contributed by atoms with Crippen molar-refractivity contribution in [2.24, 2.45) is 0 Å². The summed E-state index contributed by atoms with van der Waals surface area (Å²) in [6.45, 7) is 1.10. The molecule has 8 nitrogen and oxygen atoms in total. The number of anilines is 1. The van der Waals surface area contributed by atoms with E-state index in [1.807, 2.05) is 0 Å². The van der Waals surface area contributed by atoms with Gasteiger partial charge in [0.2, 0.25) is 5.82 Å². The predicted octanol–water partition coefficient (Wildman–Crippen LogP) is 1.30. The van der Waals surface area contributed by atoms with Gasteiger partial charge in [-0.3, -0.25) is 10.1 Å². The van der Waals surface area contributed by atoms with E-state index in [9.17, 15) is 14.9 Å². The lowest BCUT2D eigenvalue weighted by Crippen LogP contribution is -2.37. The van der Waals surface area contributed by atoms with E-state index in [1.165, 1.54) is 6.07 Å². The van der Waals surface area contributed by atoms with E-state index in [0.29, 0.717) is 13.1 Å². The lowest BCUT2D eigenvalue weighted by Gasteiger charge is -2.31. The molecular weight excluding hydrogens is 266 g/mol. The lowest BCUT2D eigenvalue weighted by molar-refractivity contribution is -0.384. The molecule has 1 N–H and O–H groups in total. The maximum absolute atomic E-state index is 11.0. The minimum Gasteiger partial charge on any atom is -0.477 e. The number of aromatic carboxylic acids is 1. The van der Waals surface area contributed by atoms with Gasteiger partial charge in [0.05, 0.1) is 11.0 Å². The SMILES string of the molecule is COC1CCN(c2nc(C(=O)O)ccc2[N+](=O)[O-])CC1. The van der Waals surface area contributed by atoms with Crippen molar-refractivity contribution in [3.05, 3.63) is 27.9 Å². The van der Waals surface area contributed by atoms with Crippen LogP contribution in [0, 0.1) is 10.1 Å². The Morgan fingerprint density at radius 2 is 2.15 bits per heavy atom. The first-order chi connectivity index (χ1) is 9.52. The van der Waals surface area contributed by atoms with Crippen LogP contribution in [0.2, 0.25) is 0 Å². The van der Waals surface area contributed by atoms with E-state index in [1.54, 1.807) is 12.0 Å². The average molecular weight is 281 g/mol. The molecule has 0 aromatic carbocycles. The van der Waals surface area contributed by atoms with Crippen LogP contribution in [-0.2, 0) is 4.74 Å². The molecule has 1 aliphatic heterocycles. The number of methoxy groups -OCH3 is 1. The molecule has 1 aromatic heterocycles. The Balaban J connectivity index is 2.31. The zero-order valence-corrected chi connectivity index (χ0v) is 11.0. The summed E-state index contributed by atoms with van der Waals surface area (Å²) in [5, 5.41) is 20.0. The molecular formula is C12H15N3O5. The third-order valence-corrected chi connectivity index (χ3v) is 3.35. The first-order valence-corrected chi connectivity index (χ1v) is 6.19. The largest absolute Gasteiger partial charge is 0.477 e. The quantitative estimate of drug-likeness (QED) is 0.654. The molecule has 0 saturated carbocycles. The van der Waals surface area contributed by atoms with E-state index >= 15 is 0 Å². The molecule has 1 aliphatic rings. The molecule has 2 rings (SSSR count). The molecule has 0 atom stereocenters. The van der Waals surface area contributed by atoms with Crippen molar-refractivity contribution in [2.75, 3.05) is 25.1 Å². The summed E-state index contributed by atoms with van der Waals surface area (Å²) in [7, 11) is 1.63. The first-order valence-electron chi connectivity index (χ1n) is 6.19. The van der Waals surface area contributed by atoms with E-state index < -0.39 is 10.9 Å². The van der Waals surface area contributed by atoms with Gasteiger partial charge in [0.1, 0.15) is 0 Å². The lowest BCUT2D eigenvalue weighted by atomic mass is 10.1. The average Bonchev–Trinajstić information content (AvgIpc) is 2.46. The maximum Gasteiger partial charge on any atom is 0.354 e. The zero-order chi connectivity index (χ0) is 14.7. The van der Waals surface area contributed by atoms with Crippen LogP contribution < -0.4 is 4.90 Å². The van der Waals surface area contributed by atoms with E-state index in [-0.39, 0.29) is 23.3 Å². The Morgan fingerprint density at radius 3 is 2.65 bits per heavy atom. The first kappa shape index (κ1) is 14.2. The summed E-state index contributed by atoms with van der Waals surface area (Å²) in [5.41, 5.74) is -0.370. The third kappa shape index (κ3) is 2.85. The van der Waals surface area contributed by atoms with Gasteiger partial charge < -0.3 is 14.7 Å². The van der Waals surface area contributed by atoms with Gasteiger partial charge in [-0.2, -0.15) is 0 Å². The van der Waals surface area contributed by atoms with Crippen molar-refractivity contribution in [2.45, 2.75) is 18.9 Å². The Hall–Kier alpha value is -2.22. The minimum atomic E-state index is -1.20. The highest BCUT2D eigenvalue weighted by molar-refractivity contribution is 5.86. The topological polar surface area (TPSA) is 106 Å². The van der Waals surface area contributed by atoms with Gasteiger partial charge in [0.15, 0.2) is 5.69 Å². The van der Waals surface area contributed by atoms with Crippen LogP contribution in [0.1, 0.15) is 23.3 Å². The van der Waals surface area contributed by atoms with Crippen LogP contribution in [0.15, 0.2) is 12.1 Å². The number of piperidine rings is 1. The number of hydrogen-bond donors (Lipinski definition) is 1. The molecule has 0 bridgehead atoms. The number of nitrogens with zero attached hydrogens (tertiary/aromatic N) is 3. The second-order valence-electron chi connectivity index (χ2n) is 4.52. The van der Waals surface area contributed by atoms with Crippen molar-refractivity contribution in [3.63, 3.8) is 0 Å². The van der Waals surface area contributed by atoms with Crippen molar-refractivity contribution in [3.8, 4) is 0 Å². The fraction of sp³-hybridized carbons (Fsp3) is 0.500. The van der Waals surface area contributed by atoms with Crippen LogP contribution >= 0.6 is 0 Å². The van der Waals surface area contributed by atoms with Crippen molar-refractivity contribution >= 4 is 17.5 Å². The molecule has 0 amide bonds. The van der Waals surface area contributed by atoms with Gasteiger partial charge in [-0.25, -0.2) is 9.78 Å². The van der Waals surface area contributed by atoms with Gasteiger partial charge in [0.25, 0.3) is 0 Å². The van der Waals surface area contributed by atoms with E-state index in [2.05, 4.69) is 4.98 Å². The summed E-state index contributed by atoms with van der Waals surface area (Å²) in [6.07, 6.45) is 1.59. The maximum atomic E-state index is 11.0. The molecule has 0 aliphatic carbocycles. The van der Waals surface area contributed by atoms with Crippen LogP contribution in [0.25, 0.3) is 0 Å². The number of carbonyl (C=O) groups is 1. The number of carboxylic acid groups (broad SMARTS) is 1. The molecule has 2 heterocycles. The molecule has 0 spiro atoms. The number of aromatic nitrogens is 1. The molecule has 1 fully saturated rings. The molecule has 0 unspecified atom stereocenters. The fourth-order valence-corrected chi connectivity index (χ4v) is 2.24. The van der Waals surface area contributed by atoms with Gasteiger partial charge in [-0.05, 0) is 18.9 Å². The highest BCUT2D eigenvalue weighted by Crippen LogP contribution is 2.29. The second kappa shape index (κ2) is 5.83. The monoisotopic (exact) mass is 281 g/mol. The highest BCUT2D eigenvalue weighted by atomic mass is 16.6. The molecule has 1 aromatic rings. The molecule has 20 heavy (non-hydrogen) atoms. The van der Waals surface area contributed by atoms with Gasteiger partial charge in [-0.1, -0.05) is 0 Å². The molecule has 108 valence electrons. The Kier molecular flexibility index (Phi) is 4.14. The van der Waals surface area contributed by atoms with Gasteiger partial charge in [0, 0.05) is 26.3 Å². The number of pyridine rings is 1. The van der Waals surface area contributed by atoms with Gasteiger partial charge in [-0.15, -0.1) is 0 Å². The molecule has 1 saturated heterocycles. The minimum absolute atomic E-state index is 0.115. The summed E-state index contributed by atoms with van der Waals surface area (Å²) in [5.74, 6) is -1.09. The number of hydrogen-bond acceptors (Lipinski definition) is 6. The van der Waals surface area contributed by atoms with Crippen LogP contribution in [-0.4, -0.2) is 47.3 Å². The van der Waals surface area contributed by atoms with E-state index in [0.717, 1.165) is 18.9 Å². The number of carboxylic acids is 1. The molecule has 8 heteroatoms. The smallest absolute Gasteiger partial charge is 0.354 e. The molecule has 0 radical (unpaired) electrons. The summed E-state index contributed by atoms with van der Waals surface area (Å²) >= 11 is 0.